The molecule has 1 aliphatic rings. The van der Waals surface area contributed by atoms with Crippen LogP contribution in [-0.2, 0) is 33.3 Å². The van der Waals surface area contributed by atoms with Gasteiger partial charge < -0.3 is 18.9 Å². The molecular formula is C18H19Cl2N3O7S. The molecule has 10 nitrogen and oxygen atoms in total. The smallest absolute Gasteiger partial charge is 0.303 e. The van der Waals surface area contributed by atoms with Gasteiger partial charge in [0.1, 0.15) is 36.4 Å². The first-order valence-corrected chi connectivity index (χ1v) is 10.5. The molecule has 168 valence electrons. The summed E-state index contributed by atoms with van der Waals surface area (Å²) in [7, 11) is 0. The van der Waals surface area contributed by atoms with Crippen LogP contribution in [0.15, 0.2) is 28.2 Å². The molecule has 1 aromatic carbocycles. The van der Waals surface area contributed by atoms with E-state index < -0.39 is 47.7 Å². The minimum Gasteiger partial charge on any atom is -0.463 e. The highest BCUT2D eigenvalue weighted by atomic mass is 35.5. The number of esters is 3. The van der Waals surface area contributed by atoms with E-state index in [0.717, 1.165) is 18.7 Å². The van der Waals surface area contributed by atoms with Crippen molar-refractivity contribution in [2.24, 2.45) is 5.11 Å². The normalized spacial score (nSPS) is 25.1. The topological polar surface area (TPSA) is 137 Å². The van der Waals surface area contributed by atoms with Crippen molar-refractivity contribution >= 4 is 52.9 Å². The van der Waals surface area contributed by atoms with Gasteiger partial charge in [-0.25, -0.2) is 0 Å². The lowest BCUT2D eigenvalue weighted by molar-refractivity contribution is -0.201. The van der Waals surface area contributed by atoms with Crippen molar-refractivity contribution in [3.63, 3.8) is 0 Å². The van der Waals surface area contributed by atoms with Crippen LogP contribution in [-0.4, -0.2) is 54.3 Å². The molecule has 0 N–H and O–H groups in total. The van der Waals surface area contributed by atoms with Gasteiger partial charge in [0, 0.05) is 40.6 Å². The van der Waals surface area contributed by atoms with E-state index in [9.17, 15) is 14.4 Å². The highest BCUT2D eigenvalue weighted by molar-refractivity contribution is 7.99. The molecule has 1 aliphatic heterocycles. The second-order valence-electron chi connectivity index (χ2n) is 6.41. The van der Waals surface area contributed by atoms with Crippen molar-refractivity contribution in [3.8, 4) is 0 Å². The average molecular weight is 492 g/mol. The minimum absolute atomic E-state index is 0.287. The van der Waals surface area contributed by atoms with Gasteiger partial charge in [-0.1, -0.05) is 40.1 Å². The Labute approximate surface area is 192 Å². The lowest BCUT2D eigenvalue weighted by Crippen LogP contribution is -2.59. The fraction of sp³-hybridized carbons (Fsp3) is 0.500. The van der Waals surface area contributed by atoms with Crippen LogP contribution in [0.4, 0.5) is 0 Å². The van der Waals surface area contributed by atoms with Crippen LogP contribution in [0, 0.1) is 0 Å². The third kappa shape index (κ3) is 7.48. The number of thioether (sulfide) groups is 1. The van der Waals surface area contributed by atoms with E-state index in [4.69, 9.17) is 47.7 Å². The first-order valence-electron chi connectivity index (χ1n) is 8.91. The minimum atomic E-state index is -1.17. The maximum Gasteiger partial charge on any atom is 0.303 e. The predicted molar refractivity (Wildman–Crippen MR) is 112 cm³/mol. The number of azide groups is 1. The van der Waals surface area contributed by atoms with Crippen molar-refractivity contribution in [3.05, 3.63) is 38.7 Å². The Bertz CT molecular complexity index is 877. The van der Waals surface area contributed by atoms with E-state index in [-0.39, 0.29) is 6.61 Å². The highest BCUT2D eigenvalue weighted by Gasteiger charge is 2.50. The van der Waals surface area contributed by atoms with Crippen molar-refractivity contribution < 1.29 is 33.3 Å². The molecule has 2 unspecified atom stereocenters. The molecule has 2 rings (SSSR count). The second-order valence-corrected chi connectivity index (χ2v) is 8.46. The molecule has 0 amide bonds. The van der Waals surface area contributed by atoms with Crippen LogP contribution in [0.2, 0.25) is 10.0 Å². The van der Waals surface area contributed by atoms with Crippen LogP contribution in [0.25, 0.3) is 10.4 Å². The number of nitrogens with zero attached hydrogens (tertiary/aromatic N) is 3. The molecule has 0 bridgehead atoms. The molecule has 0 radical (unpaired) electrons. The van der Waals surface area contributed by atoms with Gasteiger partial charge in [0.2, 0.25) is 0 Å². The van der Waals surface area contributed by atoms with Gasteiger partial charge in [0.25, 0.3) is 0 Å². The summed E-state index contributed by atoms with van der Waals surface area (Å²) < 4.78 is 21.7. The van der Waals surface area contributed by atoms with Gasteiger partial charge in [0.15, 0.2) is 0 Å². The molecular weight excluding hydrogens is 473 g/mol. The monoisotopic (exact) mass is 491 g/mol. The summed E-state index contributed by atoms with van der Waals surface area (Å²) in [5, 5.41) is 4.44. The number of ether oxygens (including phenoxy) is 4. The van der Waals surface area contributed by atoms with Crippen molar-refractivity contribution in [2.75, 3.05) is 6.61 Å². The van der Waals surface area contributed by atoms with Crippen LogP contribution >= 0.6 is 35.0 Å². The van der Waals surface area contributed by atoms with E-state index >= 15 is 0 Å². The third-order valence-corrected chi connectivity index (χ3v) is 5.50. The molecule has 1 saturated heterocycles. The van der Waals surface area contributed by atoms with Gasteiger partial charge in [-0.05, 0) is 23.7 Å². The first kappa shape index (κ1) is 25.1. The quantitative estimate of drug-likeness (QED) is 0.184. The zero-order chi connectivity index (χ0) is 23.1. The Morgan fingerprint density at radius 1 is 1.06 bits per heavy atom. The number of hydrogen-bond donors (Lipinski definition) is 0. The standard InChI is InChI=1S/C18H19Cl2N3O7S/c1-8(24)27-7-14-16(28-9(2)25)15(22-23-21)17(29-10(3)26)18(30-14)31-13-5-11(19)4-12(20)6-13/h4-6,14-18H,7H2,1-3H3/t14?,15-,16-,17?,18+/m0/s1. The summed E-state index contributed by atoms with van der Waals surface area (Å²) in [4.78, 5) is 38.1. The molecule has 0 spiro atoms. The van der Waals surface area contributed by atoms with Crippen molar-refractivity contribution in [2.45, 2.75) is 55.5 Å². The summed E-state index contributed by atoms with van der Waals surface area (Å²) >= 11 is 13.2. The van der Waals surface area contributed by atoms with Gasteiger partial charge in [0.05, 0.1) is 0 Å². The Morgan fingerprint density at radius 3 is 2.16 bits per heavy atom. The Balaban J connectivity index is 2.46. The molecule has 0 aromatic heterocycles. The van der Waals surface area contributed by atoms with E-state index in [1.54, 1.807) is 18.2 Å². The summed E-state index contributed by atoms with van der Waals surface area (Å²) in [6, 6.07) is 3.63. The molecule has 1 aromatic rings. The zero-order valence-corrected chi connectivity index (χ0v) is 19.0. The van der Waals surface area contributed by atoms with Crippen LogP contribution < -0.4 is 0 Å². The van der Waals surface area contributed by atoms with Crippen LogP contribution in [0.5, 0.6) is 0 Å². The molecule has 13 heteroatoms. The number of hydrogen-bond acceptors (Lipinski definition) is 9. The fourth-order valence-electron chi connectivity index (χ4n) is 2.90. The number of halogens is 2. The lowest BCUT2D eigenvalue weighted by atomic mass is 9.97. The van der Waals surface area contributed by atoms with E-state index in [1.165, 1.54) is 13.8 Å². The van der Waals surface area contributed by atoms with Crippen molar-refractivity contribution in [1.82, 2.24) is 0 Å². The molecule has 0 aliphatic carbocycles. The van der Waals surface area contributed by atoms with Gasteiger partial charge in [-0.2, -0.15) is 0 Å². The molecule has 5 atom stereocenters. The van der Waals surface area contributed by atoms with Gasteiger partial charge in [-0.15, -0.1) is 0 Å². The average Bonchev–Trinajstić information content (AvgIpc) is 2.63. The van der Waals surface area contributed by atoms with E-state index in [1.807, 2.05) is 0 Å². The van der Waals surface area contributed by atoms with E-state index in [0.29, 0.717) is 14.9 Å². The molecule has 1 heterocycles. The molecule has 1 fully saturated rings. The SMILES string of the molecule is CC(=O)OCC1O[C@H](Sc2cc(Cl)cc(Cl)c2)C(OC(C)=O)[C@@H](N=[N+]=[N-])[C@H]1OC(C)=O. The largest absolute Gasteiger partial charge is 0.463 e. The predicted octanol–water partition coefficient (Wildman–Crippen LogP) is 3.92. The van der Waals surface area contributed by atoms with Crippen LogP contribution in [0.1, 0.15) is 20.8 Å². The second kappa shape index (κ2) is 11.4. The highest BCUT2D eigenvalue weighted by Crippen LogP contribution is 2.39. The van der Waals surface area contributed by atoms with Crippen molar-refractivity contribution in [1.29, 1.82) is 0 Å². The summed E-state index contributed by atoms with van der Waals surface area (Å²) in [6.45, 7) is 3.25. The lowest BCUT2D eigenvalue weighted by Gasteiger charge is -2.43. The molecule has 31 heavy (non-hydrogen) atoms. The molecule has 0 saturated carbocycles. The van der Waals surface area contributed by atoms with Gasteiger partial charge in [-0.3, -0.25) is 14.4 Å². The number of carbonyl (C=O) groups is 3. The fourth-order valence-corrected chi connectivity index (χ4v) is 4.76. The number of carbonyl (C=O) groups excluding carboxylic acids is 3. The maximum atomic E-state index is 11.8. The Hall–Kier alpha value is -2.17. The maximum absolute atomic E-state index is 11.8. The Kier molecular flexibility index (Phi) is 9.27. The summed E-state index contributed by atoms with van der Waals surface area (Å²) in [5.41, 5.74) is 8.16. The number of rotatable bonds is 7. The first-order chi connectivity index (χ1) is 14.6. The third-order valence-electron chi connectivity index (χ3n) is 3.95. The Morgan fingerprint density at radius 2 is 1.65 bits per heavy atom. The van der Waals surface area contributed by atoms with E-state index in [2.05, 4.69) is 10.0 Å². The van der Waals surface area contributed by atoms with Gasteiger partial charge >= 0.3 is 17.9 Å². The summed E-state index contributed by atoms with van der Waals surface area (Å²) in [5.74, 6) is -1.94. The van der Waals surface area contributed by atoms with Crippen LogP contribution in [0.3, 0.4) is 0 Å². The number of benzene rings is 1. The zero-order valence-electron chi connectivity index (χ0n) is 16.7. The summed E-state index contributed by atoms with van der Waals surface area (Å²) in [6.07, 6.45) is -3.30.